The Morgan fingerprint density at radius 2 is 1.85 bits per heavy atom. The molecule has 1 aliphatic heterocycles. The van der Waals surface area contributed by atoms with Gasteiger partial charge in [-0.3, -0.25) is 0 Å². The zero-order valence-electron chi connectivity index (χ0n) is 10.3. The highest BCUT2D eigenvalue weighted by Gasteiger charge is 2.16. The van der Waals surface area contributed by atoms with Gasteiger partial charge < -0.3 is 10.1 Å². The van der Waals surface area contributed by atoms with E-state index in [9.17, 15) is 10.0 Å². The summed E-state index contributed by atoms with van der Waals surface area (Å²) in [6, 6.07) is 12.5. The average molecular weight is 262 g/mol. The van der Waals surface area contributed by atoms with E-state index in [-0.39, 0.29) is 11.4 Å². The van der Waals surface area contributed by atoms with Crippen molar-refractivity contribution in [1.82, 2.24) is 9.97 Å². The SMILES string of the molecule is O=Nc1cccc2[nH]c3c4ccccc4c([O-])c-3nc12. The summed E-state index contributed by atoms with van der Waals surface area (Å²) in [7, 11) is 0. The first-order valence-corrected chi connectivity index (χ1v) is 6.13. The molecule has 0 saturated carbocycles. The van der Waals surface area contributed by atoms with Crippen molar-refractivity contribution in [2.45, 2.75) is 0 Å². The summed E-state index contributed by atoms with van der Waals surface area (Å²) in [5.74, 6) is -0.130. The van der Waals surface area contributed by atoms with E-state index in [0.717, 1.165) is 5.39 Å². The van der Waals surface area contributed by atoms with Crippen LogP contribution in [-0.4, -0.2) is 9.97 Å². The summed E-state index contributed by atoms with van der Waals surface area (Å²) >= 11 is 0. The third-order valence-electron chi connectivity index (χ3n) is 3.49. The number of aromatic amines is 1. The number of benzene rings is 2. The summed E-state index contributed by atoms with van der Waals surface area (Å²) in [6.07, 6.45) is 0. The van der Waals surface area contributed by atoms with Crippen LogP contribution in [0.15, 0.2) is 47.6 Å². The van der Waals surface area contributed by atoms with Gasteiger partial charge >= 0.3 is 0 Å². The first-order chi connectivity index (χ1) is 9.79. The van der Waals surface area contributed by atoms with Gasteiger partial charge in [0.1, 0.15) is 11.2 Å². The molecule has 2 aromatic rings. The molecule has 0 amide bonds. The van der Waals surface area contributed by atoms with Crippen molar-refractivity contribution in [3.8, 4) is 17.1 Å². The molecule has 0 radical (unpaired) electrons. The molecular formula is C15H8N3O2-. The monoisotopic (exact) mass is 262 g/mol. The predicted octanol–water partition coefficient (Wildman–Crippen LogP) is 3.29. The van der Waals surface area contributed by atoms with Gasteiger partial charge in [0.2, 0.25) is 0 Å². The normalized spacial score (nSPS) is 11.4. The maximum Gasteiger partial charge on any atom is 0.135 e. The Bertz CT molecular complexity index is 943. The molecule has 96 valence electrons. The van der Waals surface area contributed by atoms with E-state index in [1.165, 1.54) is 0 Å². The summed E-state index contributed by atoms with van der Waals surface area (Å²) in [6.45, 7) is 0. The van der Waals surface area contributed by atoms with Crippen LogP contribution in [-0.2, 0) is 0 Å². The topological polar surface area (TPSA) is 81.2 Å². The largest absolute Gasteiger partial charge is 0.871 e. The zero-order chi connectivity index (χ0) is 13.7. The second-order valence-corrected chi connectivity index (χ2v) is 4.60. The molecule has 5 nitrogen and oxygen atoms in total. The fourth-order valence-electron chi connectivity index (χ4n) is 2.57. The number of H-pyrrole nitrogens is 1. The molecule has 4 rings (SSSR count). The van der Waals surface area contributed by atoms with Crippen molar-refractivity contribution in [2.75, 3.05) is 0 Å². The number of rotatable bonds is 1. The summed E-state index contributed by atoms with van der Waals surface area (Å²) in [5.41, 5.74) is 2.37. The van der Waals surface area contributed by atoms with Crippen LogP contribution >= 0.6 is 0 Å². The molecule has 1 aliphatic carbocycles. The fourth-order valence-corrected chi connectivity index (χ4v) is 2.57. The quantitative estimate of drug-likeness (QED) is 0.534. The fraction of sp³-hybridized carbons (Fsp3) is 0. The van der Waals surface area contributed by atoms with Crippen molar-refractivity contribution in [2.24, 2.45) is 5.18 Å². The van der Waals surface area contributed by atoms with Gasteiger partial charge in [0, 0.05) is 5.39 Å². The van der Waals surface area contributed by atoms with Gasteiger partial charge in [-0.15, -0.1) is 4.91 Å². The molecule has 5 heteroatoms. The molecule has 0 aromatic heterocycles. The molecule has 0 atom stereocenters. The number of fused-ring (bicyclic) bond motifs is 4. The van der Waals surface area contributed by atoms with E-state index in [0.29, 0.717) is 27.8 Å². The highest BCUT2D eigenvalue weighted by Crippen LogP contribution is 2.41. The van der Waals surface area contributed by atoms with Crippen molar-refractivity contribution in [3.05, 3.63) is 47.4 Å². The summed E-state index contributed by atoms with van der Waals surface area (Å²) < 4.78 is 0. The number of para-hydroxylation sites is 1. The molecule has 1 N–H and O–H groups in total. The number of nitrogens with one attached hydrogen (secondary N) is 1. The standard InChI is InChI=1S/C15H9N3O2/c19-15-9-5-2-1-4-8(9)12-14(15)17-13-10(16-12)6-3-7-11(13)18-20/h1-7,16,19H/p-1. The van der Waals surface area contributed by atoms with Crippen LogP contribution in [0.3, 0.4) is 0 Å². The van der Waals surface area contributed by atoms with E-state index in [4.69, 9.17) is 0 Å². The maximum absolute atomic E-state index is 12.3. The smallest absolute Gasteiger partial charge is 0.135 e. The Kier molecular flexibility index (Phi) is 2.06. The van der Waals surface area contributed by atoms with Crippen molar-refractivity contribution in [1.29, 1.82) is 0 Å². The highest BCUT2D eigenvalue weighted by atomic mass is 16.3. The van der Waals surface area contributed by atoms with Gasteiger partial charge in [-0.05, 0) is 22.7 Å². The highest BCUT2D eigenvalue weighted by molar-refractivity contribution is 6.07. The maximum atomic E-state index is 12.3. The van der Waals surface area contributed by atoms with E-state index in [2.05, 4.69) is 15.1 Å². The number of nitroso groups, excluding NO2 is 1. The van der Waals surface area contributed by atoms with Crippen LogP contribution in [0.5, 0.6) is 5.75 Å². The minimum absolute atomic E-state index is 0.130. The average Bonchev–Trinajstić information content (AvgIpc) is 2.78. The first kappa shape index (κ1) is 10.9. The van der Waals surface area contributed by atoms with Crippen molar-refractivity contribution < 1.29 is 5.11 Å². The number of aromatic nitrogens is 2. The Hall–Kier alpha value is -2.95. The Morgan fingerprint density at radius 1 is 1.05 bits per heavy atom. The molecule has 20 heavy (non-hydrogen) atoms. The molecule has 1 heterocycles. The number of nitrogens with zero attached hydrogens (tertiary/aromatic N) is 2. The molecule has 0 spiro atoms. The van der Waals surface area contributed by atoms with Crippen LogP contribution in [0.1, 0.15) is 0 Å². The molecule has 2 aliphatic rings. The molecular weight excluding hydrogens is 254 g/mol. The molecule has 0 fully saturated rings. The molecule has 2 aromatic carbocycles. The van der Waals surface area contributed by atoms with Crippen molar-refractivity contribution >= 4 is 27.5 Å². The number of hydrogen-bond donors (Lipinski definition) is 1. The number of hydrogen-bond acceptors (Lipinski definition) is 4. The van der Waals surface area contributed by atoms with Gasteiger partial charge in [0.25, 0.3) is 0 Å². The van der Waals surface area contributed by atoms with E-state index in [1.54, 1.807) is 18.2 Å². The predicted molar refractivity (Wildman–Crippen MR) is 75.1 cm³/mol. The third-order valence-corrected chi connectivity index (χ3v) is 3.49. The molecule has 0 saturated heterocycles. The Morgan fingerprint density at radius 3 is 2.65 bits per heavy atom. The van der Waals surface area contributed by atoms with Gasteiger partial charge in [0.15, 0.2) is 0 Å². The lowest BCUT2D eigenvalue weighted by atomic mass is 10.2. The van der Waals surface area contributed by atoms with Gasteiger partial charge in [-0.1, -0.05) is 36.1 Å². The Labute approximate surface area is 113 Å². The van der Waals surface area contributed by atoms with Crippen LogP contribution in [0, 0.1) is 4.91 Å². The minimum atomic E-state index is -0.130. The van der Waals surface area contributed by atoms with Crippen molar-refractivity contribution in [3.63, 3.8) is 0 Å². The van der Waals surface area contributed by atoms with Gasteiger partial charge in [0.05, 0.1) is 16.9 Å². The van der Waals surface area contributed by atoms with Crippen LogP contribution in [0.2, 0.25) is 0 Å². The first-order valence-electron chi connectivity index (χ1n) is 6.13. The van der Waals surface area contributed by atoms with Gasteiger partial charge in [-0.25, -0.2) is 4.98 Å². The summed E-state index contributed by atoms with van der Waals surface area (Å²) in [5, 5.41) is 16.8. The molecule has 0 unspecified atom stereocenters. The van der Waals surface area contributed by atoms with E-state index >= 15 is 0 Å². The lowest BCUT2D eigenvalue weighted by Gasteiger charge is -2.09. The van der Waals surface area contributed by atoms with E-state index in [1.807, 2.05) is 24.3 Å². The molecule has 0 bridgehead atoms. The van der Waals surface area contributed by atoms with E-state index < -0.39 is 0 Å². The minimum Gasteiger partial charge on any atom is -0.871 e. The summed E-state index contributed by atoms with van der Waals surface area (Å²) in [4.78, 5) is 18.4. The van der Waals surface area contributed by atoms with Crippen LogP contribution < -0.4 is 5.11 Å². The Balaban J connectivity index is 2.26. The third kappa shape index (κ3) is 1.29. The zero-order valence-corrected chi connectivity index (χ0v) is 10.3. The van der Waals surface area contributed by atoms with Crippen LogP contribution in [0.25, 0.3) is 33.2 Å². The second kappa shape index (κ2) is 3.77. The van der Waals surface area contributed by atoms with Crippen LogP contribution in [0.4, 0.5) is 5.69 Å². The second-order valence-electron chi connectivity index (χ2n) is 4.60. The lowest BCUT2D eigenvalue weighted by Crippen LogP contribution is -1.95. The van der Waals surface area contributed by atoms with Gasteiger partial charge in [-0.2, -0.15) is 0 Å². The lowest BCUT2D eigenvalue weighted by molar-refractivity contribution is -0.264.